The molecule has 0 saturated carbocycles. The minimum atomic E-state index is -0.171. The van der Waals surface area contributed by atoms with Gasteiger partial charge in [0, 0.05) is 28.8 Å². The van der Waals surface area contributed by atoms with E-state index in [1.54, 1.807) is 39.5 Å². The van der Waals surface area contributed by atoms with E-state index in [0.29, 0.717) is 28.4 Å². The maximum atomic E-state index is 13.0. The molecule has 2 heterocycles. The molecule has 0 saturated heterocycles. The Labute approximate surface area is 181 Å². The molecule has 0 radical (unpaired) electrons. The van der Waals surface area contributed by atoms with E-state index in [2.05, 4.69) is 10.6 Å². The molecular formula is C25H24NO5+. The monoisotopic (exact) mass is 418 g/mol. The van der Waals surface area contributed by atoms with Gasteiger partial charge in [0.05, 0.1) is 21.3 Å². The predicted molar refractivity (Wildman–Crippen MR) is 115 cm³/mol. The van der Waals surface area contributed by atoms with Gasteiger partial charge in [-0.25, -0.2) is 4.57 Å². The zero-order valence-corrected chi connectivity index (χ0v) is 17.8. The quantitative estimate of drug-likeness (QED) is 0.450. The SMILES string of the molecule is COc1cccc(C[n+]2ccc(/C=C3\OCc4c(ccc(OC)c4OC)C3=O)cc2)c1. The van der Waals surface area contributed by atoms with Crippen LogP contribution in [-0.4, -0.2) is 27.1 Å². The highest BCUT2D eigenvalue weighted by Gasteiger charge is 2.28. The first-order valence-corrected chi connectivity index (χ1v) is 9.88. The van der Waals surface area contributed by atoms with Crippen molar-refractivity contribution in [3.8, 4) is 17.2 Å². The molecule has 0 bridgehead atoms. The van der Waals surface area contributed by atoms with Crippen molar-refractivity contribution in [2.24, 2.45) is 0 Å². The average Bonchev–Trinajstić information content (AvgIpc) is 2.81. The third-order valence-electron chi connectivity index (χ3n) is 5.20. The number of ketones is 1. The van der Waals surface area contributed by atoms with Gasteiger partial charge in [0.2, 0.25) is 5.78 Å². The zero-order valence-electron chi connectivity index (χ0n) is 17.8. The van der Waals surface area contributed by atoms with Crippen LogP contribution >= 0.6 is 0 Å². The highest BCUT2D eigenvalue weighted by Crippen LogP contribution is 2.37. The van der Waals surface area contributed by atoms with Crippen molar-refractivity contribution in [3.05, 3.63) is 88.9 Å². The molecule has 0 N–H and O–H groups in total. The van der Waals surface area contributed by atoms with Crippen molar-refractivity contribution < 1.29 is 28.3 Å². The molecule has 0 fully saturated rings. The molecule has 2 aromatic carbocycles. The Morgan fingerprint density at radius 1 is 1.00 bits per heavy atom. The minimum Gasteiger partial charge on any atom is -0.497 e. The van der Waals surface area contributed by atoms with Crippen LogP contribution in [0.15, 0.2) is 66.7 Å². The van der Waals surface area contributed by atoms with E-state index in [9.17, 15) is 4.79 Å². The molecule has 0 unspecified atom stereocenters. The van der Waals surface area contributed by atoms with Gasteiger partial charge < -0.3 is 18.9 Å². The number of ether oxygens (including phenoxy) is 4. The summed E-state index contributed by atoms with van der Waals surface area (Å²) in [5, 5.41) is 0. The molecule has 4 rings (SSSR count). The molecule has 1 aliphatic rings. The molecule has 0 amide bonds. The lowest BCUT2D eigenvalue weighted by atomic mass is 9.98. The lowest BCUT2D eigenvalue weighted by molar-refractivity contribution is -0.688. The van der Waals surface area contributed by atoms with Gasteiger partial charge in [0.1, 0.15) is 12.4 Å². The summed E-state index contributed by atoms with van der Waals surface area (Å²) in [5.41, 5.74) is 3.30. The number of Topliss-reactive ketones (excluding diaryl/α,β-unsaturated/α-hetero) is 1. The molecule has 1 aromatic heterocycles. The molecule has 6 nitrogen and oxygen atoms in total. The molecular weight excluding hydrogens is 394 g/mol. The smallest absolute Gasteiger partial charge is 0.228 e. The summed E-state index contributed by atoms with van der Waals surface area (Å²) in [6, 6.07) is 15.4. The Bertz CT molecular complexity index is 1140. The lowest BCUT2D eigenvalue weighted by Gasteiger charge is -2.22. The molecule has 0 atom stereocenters. The Hall–Kier alpha value is -3.80. The van der Waals surface area contributed by atoms with Crippen LogP contribution in [0.3, 0.4) is 0 Å². The van der Waals surface area contributed by atoms with Gasteiger partial charge in [-0.2, -0.15) is 0 Å². The molecule has 158 valence electrons. The number of hydrogen-bond acceptors (Lipinski definition) is 5. The van der Waals surface area contributed by atoms with E-state index in [-0.39, 0.29) is 12.4 Å². The number of rotatable bonds is 6. The fourth-order valence-corrected chi connectivity index (χ4v) is 3.61. The van der Waals surface area contributed by atoms with Crippen molar-refractivity contribution in [1.82, 2.24) is 0 Å². The summed E-state index contributed by atoms with van der Waals surface area (Å²) in [4.78, 5) is 13.0. The molecule has 31 heavy (non-hydrogen) atoms. The van der Waals surface area contributed by atoms with Crippen LogP contribution in [0.25, 0.3) is 6.08 Å². The molecule has 0 aliphatic carbocycles. The van der Waals surface area contributed by atoms with Crippen molar-refractivity contribution >= 4 is 11.9 Å². The number of nitrogens with zero attached hydrogens (tertiary/aromatic N) is 1. The van der Waals surface area contributed by atoms with Crippen LogP contribution < -0.4 is 18.8 Å². The third kappa shape index (κ3) is 4.23. The van der Waals surface area contributed by atoms with E-state index >= 15 is 0 Å². The molecule has 1 aliphatic heterocycles. The average molecular weight is 418 g/mol. The first-order chi connectivity index (χ1) is 15.1. The molecule has 3 aromatic rings. The fraction of sp³-hybridized carbons (Fsp3) is 0.200. The van der Waals surface area contributed by atoms with Gasteiger partial charge in [-0.3, -0.25) is 4.79 Å². The lowest BCUT2D eigenvalue weighted by Crippen LogP contribution is -2.33. The van der Waals surface area contributed by atoms with Crippen LogP contribution in [-0.2, 0) is 17.9 Å². The molecule has 6 heteroatoms. The number of pyridine rings is 1. The number of allylic oxidation sites excluding steroid dienone is 1. The number of carbonyl (C=O) groups excluding carboxylic acids is 1. The predicted octanol–water partition coefficient (Wildman–Crippen LogP) is 3.80. The maximum absolute atomic E-state index is 13.0. The highest BCUT2D eigenvalue weighted by molar-refractivity contribution is 6.12. The minimum absolute atomic E-state index is 0.171. The number of methoxy groups -OCH3 is 3. The normalized spacial score (nSPS) is 14.0. The number of aromatic nitrogens is 1. The van der Waals surface area contributed by atoms with Gasteiger partial charge in [0.15, 0.2) is 36.2 Å². The van der Waals surface area contributed by atoms with Gasteiger partial charge >= 0.3 is 0 Å². The number of carbonyl (C=O) groups is 1. The summed E-state index contributed by atoms with van der Waals surface area (Å²) in [6.07, 6.45) is 5.71. The highest BCUT2D eigenvalue weighted by atomic mass is 16.5. The number of hydrogen-bond donors (Lipinski definition) is 0. The summed E-state index contributed by atoms with van der Waals surface area (Å²) in [6.45, 7) is 0.967. The summed E-state index contributed by atoms with van der Waals surface area (Å²) in [7, 11) is 4.78. The van der Waals surface area contributed by atoms with Crippen molar-refractivity contribution in [1.29, 1.82) is 0 Å². The first-order valence-electron chi connectivity index (χ1n) is 9.88. The standard InChI is InChI=1S/C25H24NO5/c1-28-19-6-4-5-18(13-19)15-26-11-9-17(10-12-26)14-23-24(27)20-7-8-22(29-2)25(30-3)21(20)16-31-23/h4-14H,15-16H2,1-3H3/q+1/b23-14-. The van der Waals surface area contributed by atoms with Gasteiger partial charge in [-0.15, -0.1) is 0 Å². The second-order valence-corrected chi connectivity index (χ2v) is 7.11. The van der Waals surface area contributed by atoms with E-state index in [1.807, 2.05) is 42.7 Å². The zero-order chi connectivity index (χ0) is 21.8. The van der Waals surface area contributed by atoms with Crippen LogP contribution in [0.5, 0.6) is 17.2 Å². The number of fused-ring (bicyclic) bond motifs is 1. The Balaban J connectivity index is 1.53. The van der Waals surface area contributed by atoms with E-state index < -0.39 is 0 Å². The molecule has 0 spiro atoms. The summed E-state index contributed by atoms with van der Waals surface area (Å²) in [5.74, 6) is 2.09. The van der Waals surface area contributed by atoms with Crippen LogP contribution in [0.1, 0.15) is 27.0 Å². The Kier molecular flexibility index (Phi) is 5.89. The summed E-state index contributed by atoms with van der Waals surface area (Å²) < 4.78 is 23.8. The first kappa shape index (κ1) is 20.5. The van der Waals surface area contributed by atoms with Gasteiger partial charge in [-0.1, -0.05) is 12.1 Å². The maximum Gasteiger partial charge on any atom is 0.228 e. The Morgan fingerprint density at radius 2 is 1.81 bits per heavy atom. The van der Waals surface area contributed by atoms with Gasteiger partial charge in [0.25, 0.3) is 0 Å². The van der Waals surface area contributed by atoms with Crippen LogP contribution in [0.4, 0.5) is 0 Å². The van der Waals surface area contributed by atoms with Crippen molar-refractivity contribution in [2.45, 2.75) is 13.2 Å². The van der Waals surface area contributed by atoms with E-state index in [0.717, 1.165) is 23.4 Å². The second-order valence-electron chi connectivity index (χ2n) is 7.11. The number of benzene rings is 2. The summed E-state index contributed by atoms with van der Waals surface area (Å²) >= 11 is 0. The largest absolute Gasteiger partial charge is 0.497 e. The second kappa shape index (κ2) is 8.92. The van der Waals surface area contributed by atoms with E-state index in [1.165, 1.54) is 0 Å². The fourth-order valence-electron chi connectivity index (χ4n) is 3.61. The topological polar surface area (TPSA) is 57.9 Å². The van der Waals surface area contributed by atoms with Gasteiger partial charge in [-0.05, 0) is 35.9 Å². The van der Waals surface area contributed by atoms with Crippen LogP contribution in [0, 0.1) is 0 Å². The third-order valence-corrected chi connectivity index (χ3v) is 5.20. The van der Waals surface area contributed by atoms with Crippen molar-refractivity contribution in [3.63, 3.8) is 0 Å². The van der Waals surface area contributed by atoms with Crippen molar-refractivity contribution in [2.75, 3.05) is 21.3 Å². The van der Waals surface area contributed by atoms with E-state index in [4.69, 9.17) is 18.9 Å². The Morgan fingerprint density at radius 3 is 2.52 bits per heavy atom. The van der Waals surface area contributed by atoms with Crippen LogP contribution in [0.2, 0.25) is 0 Å².